The van der Waals surface area contributed by atoms with Gasteiger partial charge in [-0.25, -0.2) is 18.1 Å². The van der Waals surface area contributed by atoms with Crippen LogP contribution in [0.25, 0.3) is 0 Å². The third-order valence-corrected chi connectivity index (χ3v) is 4.49. The highest BCUT2D eigenvalue weighted by molar-refractivity contribution is 7.89. The molecule has 0 saturated carbocycles. The first-order chi connectivity index (χ1) is 11.5. The van der Waals surface area contributed by atoms with Crippen molar-refractivity contribution in [2.24, 2.45) is 4.99 Å². The summed E-state index contributed by atoms with van der Waals surface area (Å²) in [6, 6.07) is 6.66. The lowest BCUT2D eigenvalue weighted by Gasteiger charge is -2.10. The maximum Gasteiger partial charge on any atom is 0.240 e. The summed E-state index contributed by atoms with van der Waals surface area (Å²) in [6.45, 7) is 8.04. The number of nitrogens with one attached hydrogen (secondary N) is 3. The van der Waals surface area contributed by atoms with Gasteiger partial charge < -0.3 is 15.4 Å². The second kappa shape index (κ2) is 10.8. The lowest BCUT2D eigenvalue weighted by atomic mass is 10.2. The molecule has 0 amide bonds. The number of nitrogens with zero attached hydrogens (tertiary/aromatic N) is 1. The van der Waals surface area contributed by atoms with Crippen molar-refractivity contribution in [1.82, 2.24) is 15.4 Å². The van der Waals surface area contributed by atoms with E-state index in [1.165, 1.54) is 7.11 Å². The van der Waals surface area contributed by atoms with Crippen LogP contribution in [-0.2, 0) is 21.3 Å². The average molecular weight is 354 g/mol. The van der Waals surface area contributed by atoms with Gasteiger partial charge in [-0.2, -0.15) is 0 Å². The van der Waals surface area contributed by atoms with Crippen LogP contribution in [-0.4, -0.2) is 47.7 Å². The Morgan fingerprint density at radius 1 is 1.29 bits per heavy atom. The number of benzene rings is 1. The molecule has 0 aliphatic rings. The van der Waals surface area contributed by atoms with Crippen molar-refractivity contribution < 1.29 is 13.2 Å². The van der Waals surface area contributed by atoms with Crippen LogP contribution < -0.4 is 15.4 Å². The molecule has 134 valence electrons. The van der Waals surface area contributed by atoms with Crippen molar-refractivity contribution in [3.63, 3.8) is 0 Å². The van der Waals surface area contributed by atoms with Crippen molar-refractivity contribution in [3.05, 3.63) is 42.5 Å². The van der Waals surface area contributed by atoms with E-state index in [0.717, 1.165) is 12.1 Å². The molecule has 0 aliphatic heterocycles. The van der Waals surface area contributed by atoms with Crippen LogP contribution in [0, 0.1) is 0 Å². The van der Waals surface area contributed by atoms with Gasteiger partial charge in [-0.15, -0.1) is 6.58 Å². The number of hydrogen-bond donors (Lipinski definition) is 3. The van der Waals surface area contributed by atoms with Gasteiger partial charge in [0.1, 0.15) is 0 Å². The zero-order chi connectivity index (χ0) is 17.8. The fraction of sp³-hybridized carbons (Fsp3) is 0.438. The maximum atomic E-state index is 12.1. The molecule has 0 bridgehead atoms. The van der Waals surface area contributed by atoms with Gasteiger partial charge in [-0.1, -0.05) is 18.2 Å². The molecule has 1 rings (SSSR count). The molecular weight excluding hydrogens is 328 g/mol. The molecule has 3 N–H and O–H groups in total. The summed E-state index contributed by atoms with van der Waals surface area (Å²) < 4.78 is 31.4. The summed E-state index contributed by atoms with van der Waals surface area (Å²) in [6.07, 6.45) is 1.75. The van der Waals surface area contributed by atoms with E-state index >= 15 is 0 Å². The van der Waals surface area contributed by atoms with E-state index in [4.69, 9.17) is 4.74 Å². The predicted molar refractivity (Wildman–Crippen MR) is 96.5 cm³/mol. The number of rotatable bonds is 10. The highest BCUT2D eigenvalue weighted by Gasteiger charge is 2.12. The molecule has 0 aliphatic carbocycles. The average Bonchev–Trinajstić information content (AvgIpc) is 2.58. The third kappa shape index (κ3) is 7.12. The van der Waals surface area contributed by atoms with E-state index in [-0.39, 0.29) is 11.4 Å². The van der Waals surface area contributed by atoms with Crippen LogP contribution in [0.1, 0.15) is 12.5 Å². The molecule has 0 fully saturated rings. The summed E-state index contributed by atoms with van der Waals surface area (Å²) in [7, 11) is -1.98. The first-order valence-electron chi connectivity index (χ1n) is 7.74. The molecular formula is C16H26N4O3S. The fourth-order valence-electron chi connectivity index (χ4n) is 1.82. The number of guanidine groups is 1. The maximum absolute atomic E-state index is 12.1. The molecule has 7 nitrogen and oxygen atoms in total. The van der Waals surface area contributed by atoms with E-state index in [0.29, 0.717) is 25.7 Å². The molecule has 0 aromatic heterocycles. The number of sulfonamides is 1. The Hall–Kier alpha value is -1.90. The van der Waals surface area contributed by atoms with Gasteiger partial charge in [-0.3, -0.25) is 0 Å². The van der Waals surface area contributed by atoms with Crippen LogP contribution in [0.15, 0.2) is 46.8 Å². The monoisotopic (exact) mass is 354 g/mol. The molecule has 0 heterocycles. The summed E-state index contributed by atoms with van der Waals surface area (Å²) in [5.74, 6) is 0.690. The minimum atomic E-state index is -3.50. The van der Waals surface area contributed by atoms with Crippen LogP contribution in [0.3, 0.4) is 0 Å². The molecule has 0 spiro atoms. The zero-order valence-corrected chi connectivity index (χ0v) is 15.0. The number of ether oxygens (including phenoxy) is 1. The Morgan fingerprint density at radius 2 is 2.00 bits per heavy atom. The smallest absolute Gasteiger partial charge is 0.240 e. The molecule has 1 aromatic carbocycles. The SMILES string of the molecule is C=CCNC(=NCc1ccc(S(=O)(=O)NCCOC)cc1)NCC. The van der Waals surface area contributed by atoms with E-state index in [2.05, 4.69) is 26.9 Å². The summed E-state index contributed by atoms with van der Waals surface area (Å²) >= 11 is 0. The van der Waals surface area contributed by atoms with E-state index in [1.807, 2.05) is 6.92 Å². The van der Waals surface area contributed by atoms with Crippen molar-refractivity contribution in [2.75, 3.05) is 33.4 Å². The molecule has 0 unspecified atom stereocenters. The first-order valence-corrected chi connectivity index (χ1v) is 9.22. The fourth-order valence-corrected chi connectivity index (χ4v) is 2.83. The van der Waals surface area contributed by atoms with Crippen molar-refractivity contribution in [2.45, 2.75) is 18.4 Å². The highest BCUT2D eigenvalue weighted by atomic mass is 32.2. The summed E-state index contributed by atoms with van der Waals surface area (Å²) in [5, 5.41) is 6.23. The minimum Gasteiger partial charge on any atom is -0.383 e. The quantitative estimate of drug-likeness (QED) is 0.251. The predicted octanol–water partition coefficient (Wildman–Crippen LogP) is 0.852. The molecule has 0 radical (unpaired) electrons. The van der Waals surface area contributed by atoms with Crippen molar-refractivity contribution >= 4 is 16.0 Å². The van der Waals surface area contributed by atoms with Gasteiger partial charge in [0, 0.05) is 26.7 Å². The molecule has 0 atom stereocenters. The second-order valence-corrected chi connectivity index (χ2v) is 6.67. The summed E-state index contributed by atoms with van der Waals surface area (Å²) in [4.78, 5) is 4.66. The van der Waals surface area contributed by atoms with Crippen LogP contribution in [0.2, 0.25) is 0 Å². The normalized spacial score (nSPS) is 12.0. The van der Waals surface area contributed by atoms with Gasteiger partial charge in [0.05, 0.1) is 18.0 Å². The molecule has 0 saturated heterocycles. The Bertz CT molecular complexity index is 627. The lowest BCUT2D eigenvalue weighted by molar-refractivity contribution is 0.204. The Kier molecular flexibility index (Phi) is 9.06. The van der Waals surface area contributed by atoms with Crippen molar-refractivity contribution in [3.8, 4) is 0 Å². The third-order valence-electron chi connectivity index (χ3n) is 3.01. The van der Waals surface area contributed by atoms with E-state index < -0.39 is 10.0 Å². The van der Waals surface area contributed by atoms with Crippen LogP contribution >= 0.6 is 0 Å². The van der Waals surface area contributed by atoms with Gasteiger partial charge in [0.15, 0.2) is 5.96 Å². The van der Waals surface area contributed by atoms with Crippen LogP contribution in [0.4, 0.5) is 0 Å². The summed E-state index contributed by atoms with van der Waals surface area (Å²) in [5.41, 5.74) is 0.918. The largest absolute Gasteiger partial charge is 0.383 e. The lowest BCUT2D eigenvalue weighted by Crippen LogP contribution is -2.37. The van der Waals surface area contributed by atoms with E-state index in [1.54, 1.807) is 30.3 Å². The number of hydrogen-bond acceptors (Lipinski definition) is 4. The number of aliphatic imine (C=N–C) groups is 1. The van der Waals surface area contributed by atoms with Gasteiger partial charge in [0.25, 0.3) is 0 Å². The minimum absolute atomic E-state index is 0.225. The van der Waals surface area contributed by atoms with Gasteiger partial charge in [-0.05, 0) is 24.6 Å². The number of methoxy groups -OCH3 is 1. The van der Waals surface area contributed by atoms with Crippen molar-refractivity contribution in [1.29, 1.82) is 0 Å². The Labute approximate surface area is 144 Å². The van der Waals surface area contributed by atoms with Gasteiger partial charge >= 0.3 is 0 Å². The second-order valence-electron chi connectivity index (χ2n) is 4.90. The highest BCUT2D eigenvalue weighted by Crippen LogP contribution is 2.11. The van der Waals surface area contributed by atoms with Gasteiger partial charge in [0.2, 0.25) is 10.0 Å². The molecule has 1 aromatic rings. The standard InChI is InChI=1S/C16H26N4O3S/c1-4-10-18-16(17-5-2)19-13-14-6-8-15(9-7-14)24(21,22)20-11-12-23-3/h4,6-9,20H,1,5,10-13H2,2-3H3,(H2,17,18,19). The van der Waals surface area contributed by atoms with E-state index in [9.17, 15) is 8.42 Å². The zero-order valence-electron chi connectivity index (χ0n) is 14.2. The van der Waals surface area contributed by atoms with Crippen LogP contribution in [0.5, 0.6) is 0 Å². The Balaban J connectivity index is 2.70. The Morgan fingerprint density at radius 3 is 2.58 bits per heavy atom. The molecule has 24 heavy (non-hydrogen) atoms. The topological polar surface area (TPSA) is 91.8 Å². The first kappa shape index (κ1) is 20.1. The molecule has 8 heteroatoms.